The van der Waals surface area contributed by atoms with Crippen LogP contribution in [0.15, 0.2) is 28.7 Å². The summed E-state index contributed by atoms with van der Waals surface area (Å²) in [6.45, 7) is 8.51. The van der Waals surface area contributed by atoms with Crippen LogP contribution in [-0.4, -0.2) is 70.7 Å². The zero-order valence-corrected chi connectivity index (χ0v) is 17.7. The lowest BCUT2D eigenvalue weighted by molar-refractivity contribution is -0.137. The molecule has 0 N–H and O–H groups in total. The van der Waals surface area contributed by atoms with Crippen LogP contribution in [-0.2, 0) is 9.59 Å². The Balaban J connectivity index is 1.57. The Morgan fingerprint density at radius 1 is 1.07 bits per heavy atom. The summed E-state index contributed by atoms with van der Waals surface area (Å²) >= 11 is 3.39. The third-order valence-electron chi connectivity index (χ3n) is 5.23. The summed E-state index contributed by atoms with van der Waals surface area (Å²) in [6, 6.07) is 7.34. The van der Waals surface area contributed by atoms with Crippen LogP contribution in [0.2, 0.25) is 0 Å². The fraction of sp³-hybridized carbons (Fsp3) is 0.550. The summed E-state index contributed by atoms with van der Waals surface area (Å²) in [5, 5.41) is 0. The van der Waals surface area contributed by atoms with Gasteiger partial charge in [0.05, 0.1) is 5.92 Å². The topological polar surface area (TPSA) is 60.9 Å². The van der Waals surface area contributed by atoms with Crippen molar-refractivity contribution in [2.75, 3.05) is 32.7 Å². The number of rotatable bonds is 2. The van der Waals surface area contributed by atoms with E-state index in [0.29, 0.717) is 38.3 Å². The number of halogens is 1. The van der Waals surface area contributed by atoms with E-state index in [1.165, 1.54) is 0 Å². The standard InChI is InChI=1S/C20H26BrN3O3/c1-20(2,3)24-13-15(12-17(24)25)19(27)23-9-7-22(8-10-23)18(26)14-5-4-6-16(21)11-14/h4-6,11,15H,7-10,12-13H2,1-3H3. The quantitative estimate of drug-likeness (QED) is 0.716. The number of likely N-dealkylation sites (tertiary alicyclic amines) is 1. The lowest BCUT2D eigenvalue weighted by Crippen LogP contribution is -2.52. The first-order chi connectivity index (χ1) is 12.7. The van der Waals surface area contributed by atoms with Crippen LogP contribution >= 0.6 is 15.9 Å². The molecule has 0 aromatic heterocycles. The molecule has 1 aromatic rings. The largest absolute Gasteiger partial charge is 0.339 e. The zero-order chi connectivity index (χ0) is 19.8. The van der Waals surface area contributed by atoms with E-state index in [4.69, 9.17) is 0 Å². The first-order valence-electron chi connectivity index (χ1n) is 9.31. The van der Waals surface area contributed by atoms with Crippen molar-refractivity contribution in [2.45, 2.75) is 32.7 Å². The van der Waals surface area contributed by atoms with Gasteiger partial charge in [-0.2, -0.15) is 0 Å². The van der Waals surface area contributed by atoms with Gasteiger partial charge in [-0.05, 0) is 39.0 Å². The highest BCUT2D eigenvalue weighted by Gasteiger charge is 2.41. The average molecular weight is 436 g/mol. The number of amides is 3. The third-order valence-corrected chi connectivity index (χ3v) is 5.73. The van der Waals surface area contributed by atoms with Gasteiger partial charge in [-0.1, -0.05) is 22.0 Å². The van der Waals surface area contributed by atoms with Gasteiger partial charge in [0, 0.05) is 54.7 Å². The predicted octanol–water partition coefficient (Wildman–Crippen LogP) is 2.38. The van der Waals surface area contributed by atoms with E-state index in [9.17, 15) is 14.4 Å². The molecule has 0 aliphatic carbocycles. The zero-order valence-electron chi connectivity index (χ0n) is 16.1. The number of benzene rings is 1. The summed E-state index contributed by atoms with van der Waals surface area (Å²) in [5.41, 5.74) is 0.382. The van der Waals surface area contributed by atoms with Crippen molar-refractivity contribution >= 4 is 33.7 Å². The van der Waals surface area contributed by atoms with Gasteiger partial charge in [0.15, 0.2) is 0 Å². The van der Waals surface area contributed by atoms with Crippen molar-refractivity contribution in [3.63, 3.8) is 0 Å². The molecule has 2 fully saturated rings. The van der Waals surface area contributed by atoms with Crippen molar-refractivity contribution in [1.82, 2.24) is 14.7 Å². The number of nitrogens with zero attached hydrogens (tertiary/aromatic N) is 3. The normalized spacial score (nSPS) is 21.0. The predicted molar refractivity (Wildman–Crippen MR) is 106 cm³/mol. The molecule has 2 heterocycles. The van der Waals surface area contributed by atoms with Crippen molar-refractivity contribution < 1.29 is 14.4 Å². The lowest BCUT2D eigenvalue weighted by Gasteiger charge is -2.36. The Hall–Kier alpha value is -1.89. The summed E-state index contributed by atoms with van der Waals surface area (Å²) in [4.78, 5) is 43.1. The van der Waals surface area contributed by atoms with E-state index < -0.39 is 0 Å². The molecule has 6 nitrogen and oxygen atoms in total. The van der Waals surface area contributed by atoms with Crippen molar-refractivity contribution in [2.24, 2.45) is 5.92 Å². The molecule has 0 bridgehead atoms. The summed E-state index contributed by atoms with van der Waals surface area (Å²) < 4.78 is 0.872. The second kappa shape index (κ2) is 7.62. The minimum Gasteiger partial charge on any atom is -0.339 e. The van der Waals surface area contributed by atoms with Crippen LogP contribution in [0.3, 0.4) is 0 Å². The number of carbonyl (C=O) groups is 3. The molecule has 0 radical (unpaired) electrons. The first kappa shape index (κ1) is 19.9. The molecular weight excluding hydrogens is 410 g/mol. The number of carbonyl (C=O) groups excluding carboxylic acids is 3. The van der Waals surface area contributed by atoms with Gasteiger partial charge in [-0.15, -0.1) is 0 Å². The van der Waals surface area contributed by atoms with Crippen LogP contribution in [0.25, 0.3) is 0 Å². The molecule has 0 spiro atoms. The van der Waals surface area contributed by atoms with Gasteiger partial charge in [-0.3, -0.25) is 14.4 Å². The van der Waals surface area contributed by atoms with Crippen LogP contribution in [0.5, 0.6) is 0 Å². The monoisotopic (exact) mass is 435 g/mol. The maximum Gasteiger partial charge on any atom is 0.254 e. The lowest BCUT2D eigenvalue weighted by atomic mass is 10.1. The highest BCUT2D eigenvalue weighted by atomic mass is 79.9. The van der Waals surface area contributed by atoms with E-state index in [1.54, 1.807) is 20.8 Å². The fourth-order valence-corrected chi connectivity index (χ4v) is 4.11. The molecule has 7 heteroatoms. The SMILES string of the molecule is CC(C)(C)N1CC(C(=O)N2CCN(C(=O)c3cccc(Br)c3)CC2)CC1=O. The smallest absolute Gasteiger partial charge is 0.254 e. The molecule has 0 saturated carbocycles. The Kier molecular flexibility index (Phi) is 5.60. The maximum atomic E-state index is 12.8. The number of piperazine rings is 1. The highest BCUT2D eigenvalue weighted by molar-refractivity contribution is 9.10. The van der Waals surface area contributed by atoms with Gasteiger partial charge >= 0.3 is 0 Å². The molecule has 2 aliphatic heterocycles. The molecule has 27 heavy (non-hydrogen) atoms. The summed E-state index contributed by atoms with van der Waals surface area (Å²) in [7, 11) is 0. The molecule has 1 aromatic carbocycles. The number of hydrogen-bond donors (Lipinski definition) is 0. The van der Waals surface area contributed by atoms with E-state index in [2.05, 4.69) is 15.9 Å². The molecule has 3 rings (SSSR count). The molecule has 1 unspecified atom stereocenters. The van der Waals surface area contributed by atoms with Crippen LogP contribution in [0, 0.1) is 5.92 Å². The van der Waals surface area contributed by atoms with Crippen LogP contribution in [0.4, 0.5) is 0 Å². The highest BCUT2D eigenvalue weighted by Crippen LogP contribution is 2.27. The van der Waals surface area contributed by atoms with Gasteiger partial charge in [0.2, 0.25) is 11.8 Å². The summed E-state index contributed by atoms with van der Waals surface area (Å²) in [6.07, 6.45) is 0.285. The summed E-state index contributed by atoms with van der Waals surface area (Å²) in [5.74, 6) is -0.212. The first-order valence-corrected chi connectivity index (χ1v) is 10.1. The third kappa shape index (κ3) is 4.34. The van der Waals surface area contributed by atoms with Gasteiger partial charge in [0.1, 0.15) is 0 Å². The van der Waals surface area contributed by atoms with Gasteiger partial charge in [0.25, 0.3) is 5.91 Å². The number of hydrogen-bond acceptors (Lipinski definition) is 3. The molecule has 2 aliphatic rings. The molecule has 146 valence electrons. The molecule has 3 amide bonds. The van der Waals surface area contributed by atoms with Crippen molar-refractivity contribution in [1.29, 1.82) is 0 Å². The van der Waals surface area contributed by atoms with E-state index in [-0.39, 0.29) is 35.6 Å². The van der Waals surface area contributed by atoms with Crippen LogP contribution < -0.4 is 0 Å². The van der Waals surface area contributed by atoms with Crippen molar-refractivity contribution in [3.8, 4) is 0 Å². The van der Waals surface area contributed by atoms with Crippen molar-refractivity contribution in [3.05, 3.63) is 34.3 Å². The Morgan fingerprint density at radius 2 is 1.70 bits per heavy atom. The minimum atomic E-state index is -0.274. The Labute approximate surface area is 168 Å². The van der Waals surface area contributed by atoms with Gasteiger partial charge in [-0.25, -0.2) is 0 Å². The molecule has 1 atom stereocenters. The fourth-order valence-electron chi connectivity index (χ4n) is 3.71. The van der Waals surface area contributed by atoms with E-state index in [1.807, 2.05) is 39.0 Å². The average Bonchev–Trinajstić information content (AvgIpc) is 3.03. The second-order valence-electron chi connectivity index (χ2n) is 8.20. The van der Waals surface area contributed by atoms with Gasteiger partial charge < -0.3 is 14.7 Å². The second-order valence-corrected chi connectivity index (χ2v) is 9.12. The molecule has 2 saturated heterocycles. The minimum absolute atomic E-state index is 0.0154. The molecular formula is C20H26BrN3O3. The van der Waals surface area contributed by atoms with E-state index in [0.717, 1.165) is 4.47 Å². The Bertz CT molecular complexity index is 751. The van der Waals surface area contributed by atoms with E-state index >= 15 is 0 Å². The Morgan fingerprint density at radius 3 is 2.26 bits per heavy atom. The van der Waals surface area contributed by atoms with Crippen LogP contribution in [0.1, 0.15) is 37.6 Å². The maximum absolute atomic E-state index is 12.8.